The number of rotatable bonds is 5. The zero-order valence-electron chi connectivity index (χ0n) is 7.33. The Balaban J connectivity index is 2.32. The van der Waals surface area contributed by atoms with E-state index in [9.17, 15) is 4.39 Å². The predicted octanol–water partition coefficient (Wildman–Crippen LogP) is 1.41. The maximum Gasteiger partial charge on any atom is 0.165 e. The van der Waals surface area contributed by atoms with Crippen molar-refractivity contribution in [3.8, 4) is 0 Å². The topological polar surface area (TPSA) is 45.1 Å². The van der Waals surface area contributed by atoms with Crippen LogP contribution in [0.15, 0.2) is 18.3 Å². The molecule has 13 heavy (non-hydrogen) atoms. The molecule has 0 atom stereocenters. The molecule has 1 aromatic rings. The van der Waals surface area contributed by atoms with Crippen molar-refractivity contribution in [2.24, 2.45) is 0 Å². The highest BCUT2D eigenvalue weighted by Gasteiger charge is 1.99. The zero-order valence-corrected chi connectivity index (χ0v) is 7.33. The number of hydrogen-bond acceptors (Lipinski definition) is 3. The summed E-state index contributed by atoms with van der Waals surface area (Å²) < 4.78 is 12.9. The molecule has 0 bridgehead atoms. The molecule has 0 unspecified atom stereocenters. The minimum absolute atomic E-state index is 0.173. The summed E-state index contributed by atoms with van der Waals surface area (Å²) in [6.07, 6.45) is 3.07. The Kier molecular flexibility index (Phi) is 4.18. The van der Waals surface area contributed by atoms with Crippen molar-refractivity contribution >= 4 is 5.82 Å². The van der Waals surface area contributed by atoms with Crippen LogP contribution >= 0.6 is 0 Å². The van der Waals surface area contributed by atoms with Crippen molar-refractivity contribution in [2.45, 2.75) is 12.8 Å². The molecule has 0 amide bonds. The number of anilines is 1. The molecule has 2 N–H and O–H groups in total. The van der Waals surface area contributed by atoms with Gasteiger partial charge in [0.05, 0.1) is 0 Å². The Bertz CT molecular complexity index is 255. The van der Waals surface area contributed by atoms with E-state index < -0.39 is 0 Å². The Morgan fingerprint density at radius 2 is 2.31 bits per heavy atom. The van der Waals surface area contributed by atoms with E-state index in [-0.39, 0.29) is 18.2 Å². The minimum atomic E-state index is -0.341. The first-order chi connectivity index (χ1) is 6.34. The largest absolute Gasteiger partial charge is 0.396 e. The standard InChI is InChI=1S/C9H13FN2O/c10-8-4-3-6-12-9(8)11-5-1-2-7-13/h3-4,6,13H,1-2,5,7H2,(H,11,12). The molecule has 1 rings (SSSR count). The number of hydrogen-bond donors (Lipinski definition) is 2. The smallest absolute Gasteiger partial charge is 0.165 e. The minimum Gasteiger partial charge on any atom is -0.396 e. The van der Waals surface area contributed by atoms with Crippen LogP contribution in [-0.4, -0.2) is 23.2 Å². The summed E-state index contributed by atoms with van der Waals surface area (Å²) in [5.74, 6) is -0.0630. The molecule has 0 aliphatic heterocycles. The van der Waals surface area contributed by atoms with Crippen molar-refractivity contribution in [1.82, 2.24) is 4.98 Å². The highest BCUT2D eigenvalue weighted by molar-refractivity contribution is 5.35. The van der Waals surface area contributed by atoms with E-state index in [2.05, 4.69) is 10.3 Å². The van der Waals surface area contributed by atoms with Crippen LogP contribution in [0.25, 0.3) is 0 Å². The maximum absolute atomic E-state index is 12.9. The van der Waals surface area contributed by atoms with Crippen LogP contribution in [0.5, 0.6) is 0 Å². The quantitative estimate of drug-likeness (QED) is 0.680. The summed E-state index contributed by atoms with van der Waals surface area (Å²) in [5.41, 5.74) is 0. The Morgan fingerprint density at radius 3 is 3.00 bits per heavy atom. The Morgan fingerprint density at radius 1 is 1.46 bits per heavy atom. The fourth-order valence-electron chi connectivity index (χ4n) is 0.959. The molecule has 0 aliphatic rings. The lowest BCUT2D eigenvalue weighted by Gasteiger charge is -2.04. The van der Waals surface area contributed by atoms with Gasteiger partial charge in [-0.3, -0.25) is 0 Å². The normalized spacial score (nSPS) is 10.0. The molecule has 0 fully saturated rings. The summed E-state index contributed by atoms with van der Waals surface area (Å²) >= 11 is 0. The number of aliphatic hydroxyl groups excluding tert-OH is 1. The number of pyridine rings is 1. The van der Waals surface area contributed by atoms with Gasteiger partial charge in [0.1, 0.15) is 0 Å². The summed E-state index contributed by atoms with van der Waals surface area (Å²) in [4.78, 5) is 3.83. The first kappa shape index (κ1) is 9.92. The molecule has 0 aliphatic carbocycles. The second-order valence-electron chi connectivity index (χ2n) is 2.69. The van der Waals surface area contributed by atoms with Gasteiger partial charge in [-0.1, -0.05) is 0 Å². The molecule has 0 radical (unpaired) electrons. The van der Waals surface area contributed by atoms with Crippen molar-refractivity contribution < 1.29 is 9.50 Å². The summed E-state index contributed by atoms with van der Waals surface area (Å²) in [6, 6.07) is 2.91. The summed E-state index contributed by atoms with van der Waals surface area (Å²) in [5, 5.41) is 11.4. The second kappa shape index (κ2) is 5.48. The number of nitrogens with zero attached hydrogens (tertiary/aromatic N) is 1. The fraction of sp³-hybridized carbons (Fsp3) is 0.444. The molecule has 1 aromatic heterocycles. The van der Waals surface area contributed by atoms with Gasteiger partial charge < -0.3 is 10.4 Å². The van der Waals surface area contributed by atoms with Crippen LogP contribution in [0, 0.1) is 5.82 Å². The van der Waals surface area contributed by atoms with E-state index in [1.165, 1.54) is 12.3 Å². The van der Waals surface area contributed by atoms with Crippen molar-refractivity contribution in [3.63, 3.8) is 0 Å². The van der Waals surface area contributed by atoms with Crippen molar-refractivity contribution in [1.29, 1.82) is 0 Å². The predicted molar refractivity (Wildman–Crippen MR) is 49.0 cm³/mol. The third-order valence-electron chi connectivity index (χ3n) is 1.64. The molecule has 0 saturated heterocycles. The van der Waals surface area contributed by atoms with E-state index in [1.807, 2.05) is 0 Å². The first-order valence-corrected chi connectivity index (χ1v) is 4.30. The highest BCUT2D eigenvalue weighted by atomic mass is 19.1. The van der Waals surface area contributed by atoms with Crippen molar-refractivity contribution in [2.75, 3.05) is 18.5 Å². The lowest BCUT2D eigenvalue weighted by atomic mass is 10.3. The van der Waals surface area contributed by atoms with E-state index in [1.54, 1.807) is 6.07 Å². The van der Waals surface area contributed by atoms with Gasteiger partial charge in [-0.2, -0.15) is 0 Å². The van der Waals surface area contributed by atoms with Crippen LogP contribution in [0.1, 0.15) is 12.8 Å². The van der Waals surface area contributed by atoms with E-state index >= 15 is 0 Å². The molecule has 4 heteroatoms. The average molecular weight is 184 g/mol. The summed E-state index contributed by atoms with van der Waals surface area (Å²) in [6.45, 7) is 0.806. The Labute approximate surface area is 76.6 Å². The maximum atomic E-state index is 12.9. The van der Waals surface area contributed by atoms with Crippen LogP contribution < -0.4 is 5.32 Å². The number of aliphatic hydroxyl groups is 1. The van der Waals surface area contributed by atoms with Gasteiger partial charge in [-0.05, 0) is 25.0 Å². The van der Waals surface area contributed by atoms with Gasteiger partial charge in [-0.25, -0.2) is 9.37 Å². The monoisotopic (exact) mass is 184 g/mol. The molecular weight excluding hydrogens is 171 g/mol. The van der Waals surface area contributed by atoms with Gasteiger partial charge in [0.2, 0.25) is 0 Å². The van der Waals surface area contributed by atoms with Crippen LogP contribution in [0.2, 0.25) is 0 Å². The van der Waals surface area contributed by atoms with E-state index in [4.69, 9.17) is 5.11 Å². The lowest BCUT2D eigenvalue weighted by molar-refractivity contribution is 0.286. The van der Waals surface area contributed by atoms with Gasteiger partial charge in [0, 0.05) is 19.3 Å². The fourth-order valence-corrected chi connectivity index (χ4v) is 0.959. The SMILES string of the molecule is OCCCCNc1ncccc1F. The van der Waals surface area contributed by atoms with Crippen LogP contribution in [-0.2, 0) is 0 Å². The number of nitrogens with one attached hydrogen (secondary N) is 1. The van der Waals surface area contributed by atoms with Gasteiger partial charge in [0.25, 0.3) is 0 Å². The third kappa shape index (κ3) is 3.38. The van der Waals surface area contributed by atoms with Crippen molar-refractivity contribution in [3.05, 3.63) is 24.1 Å². The number of unbranched alkanes of at least 4 members (excludes halogenated alkanes) is 1. The molecule has 1 heterocycles. The average Bonchev–Trinajstić information content (AvgIpc) is 2.15. The molecule has 0 saturated carbocycles. The second-order valence-corrected chi connectivity index (χ2v) is 2.69. The van der Waals surface area contributed by atoms with Gasteiger partial charge in [-0.15, -0.1) is 0 Å². The molecule has 0 aromatic carbocycles. The number of aromatic nitrogens is 1. The van der Waals surface area contributed by atoms with Crippen LogP contribution in [0.4, 0.5) is 10.2 Å². The zero-order chi connectivity index (χ0) is 9.52. The molecular formula is C9H13FN2O. The third-order valence-corrected chi connectivity index (χ3v) is 1.64. The van der Waals surface area contributed by atoms with Crippen LogP contribution in [0.3, 0.4) is 0 Å². The summed E-state index contributed by atoms with van der Waals surface area (Å²) in [7, 11) is 0. The number of halogens is 1. The van der Waals surface area contributed by atoms with Gasteiger partial charge >= 0.3 is 0 Å². The first-order valence-electron chi connectivity index (χ1n) is 4.30. The molecule has 72 valence electrons. The molecule has 3 nitrogen and oxygen atoms in total. The molecule has 0 spiro atoms. The highest BCUT2D eigenvalue weighted by Crippen LogP contribution is 2.07. The Hall–Kier alpha value is -1.16. The van der Waals surface area contributed by atoms with E-state index in [0.29, 0.717) is 6.54 Å². The van der Waals surface area contributed by atoms with Gasteiger partial charge in [0.15, 0.2) is 11.6 Å². The lowest BCUT2D eigenvalue weighted by Crippen LogP contribution is -2.05. The van der Waals surface area contributed by atoms with E-state index in [0.717, 1.165) is 12.8 Å².